The molecule has 0 radical (unpaired) electrons. The summed E-state index contributed by atoms with van der Waals surface area (Å²) in [5.74, 6) is 45.8. The van der Waals surface area contributed by atoms with Crippen LogP contribution in [0.25, 0.3) is 0 Å². The molecule has 0 aromatic heterocycles. The van der Waals surface area contributed by atoms with E-state index in [2.05, 4.69) is 114 Å². The van der Waals surface area contributed by atoms with E-state index in [1.54, 1.807) is 89.9 Å². The molecule has 18 saturated carbocycles. The number of allylic oxidation sites excluding steroid dienone is 12. The Labute approximate surface area is 571 Å². The smallest absolute Gasteiger partial charge is 0.0194 e. The fraction of sp³-hybridized carbons (Fsp3) is 0.870. The van der Waals surface area contributed by atoms with Crippen molar-refractivity contribution in [1.82, 2.24) is 0 Å². The number of hydrogen-bond donors (Lipinski definition) is 0. The lowest BCUT2D eigenvalue weighted by molar-refractivity contribution is 0.135. The zero-order valence-electron chi connectivity index (χ0n) is 55.6. The molecule has 0 spiro atoms. The van der Waals surface area contributed by atoms with E-state index in [0.29, 0.717) is 0 Å². The molecule has 0 aromatic rings. The molecule has 41 atom stereocenters. The number of rotatable bonds is 8. The molecule has 0 nitrogen and oxygen atoms in total. The molecule has 18 fully saturated rings. The van der Waals surface area contributed by atoms with Crippen LogP contribution in [0.5, 0.6) is 0 Å². The van der Waals surface area contributed by atoms with Crippen molar-refractivity contribution in [2.24, 2.45) is 249 Å². The van der Waals surface area contributed by atoms with E-state index in [4.69, 9.17) is 0 Å². The SMILES string of the molecule is C.C.C.C.C.C.C1=CC2CC1C1C3CCC(C3)C21.CC(C)CC1CC2CC1C1C3C=CC(C3)C21.CC1CC2CC1C1C3C=CC(C3)C21.CCC1CC2CC1C1C3C=CC(C3)C21.CCCC1CC2CC1C1C3C=CC(C3)C21.CCCCC1CC2CC1C1C3C=CC(C3)C21. The summed E-state index contributed by atoms with van der Waals surface area (Å²) in [6.07, 6.45) is 70.8. The summed E-state index contributed by atoms with van der Waals surface area (Å²) in [4.78, 5) is 0. The maximum atomic E-state index is 2.57. The van der Waals surface area contributed by atoms with Crippen molar-refractivity contribution < 1.29 is 0 Å². The second-order valence-corrected chi connectivity index (χ2v) is 38.4. The Kier molecular flexibility index (Phi) is 19.9. The zero-order valence-corrected chi connectivity index (χ0v) is 55.6. The minimum Gasteiger partial charge on any atom is -0.0848 e. The van der Waals surface area contributed by atoms with Gasteiger partial charge in [-0.3, -0.25) is 0 Å². The average molecular weight is 1250 g/mol. The molecule has 24 aliphatic rings. The molecule has 24 bridgehead atoms. The summed E-state index contributed by atoms with van der Waals surface area (Å²) >= 11 is 0. The van der Waals surface area contributed by atoms with E-state index in [0.717, 1.165) is 249 Å². The van der Waals surface area contributed by atoms with E-state index < -0.39 is 0 Å². The summed E-state index contributed by atoms with van der Waals surface area (Å²) in [5.41, 5.74) is 0. The molecule has 516 valence electrons. The van der Waals surface area contributed by atoms with Gasteiger partial charge in [0.1, 0.15) is 0 Å². The molecular formula is C92H148. The summed E-state index contributed by atoms with van der Waals surface area (Å²) in [5, 5.41) is 0. The van der Waals surface area contributed by atoms with Crippen LogP contribution < -0.4 is 0 Å². The largest absolute Gasteiger partial charge is 0.0848 e. The van der Waals surface area contributed by atoms with Gasteiger partial charge in [-0.15, -0.1) is 0 Å². The van der Waals surface area contributed by atoms with Crippen LogP contribution in [0.15, 0.2) is 72.9 Å². The summed E-state index contributed by atoms with van der Waals surface area (Å²) < 4.78 is 0. The number of hydrogen-bond acceptors (Lipinski definition) is 0. The van der Waals surface area contributed by atoms with Gasteiger partial charge in [-0.25, -0.2) is 0 Å². The third kappa shape index (κ3) is 10.4. The maximum absolute atomic E-state index is 2.57. The Bertz CT molecular complexity index is 2680. The molecule has 0 saturated heterocycles. The minimum absolute atomic E-state index is 0. The summed E-state index contributed by atoms with van der Waals surface area (Å²) in [7, 11) is 0. The lowest BCUT2D eigenvalue weighted by Crippen LogP contribution is -2.31. The van der Waals surface area contributed by atoms with Crippen molar-refractivity contribution in [1.29, 1.82) is 0 Å². The Hall–Kier alpha value is -1.56. The minimum atomic E-state index is 0. The summed E-state index contributed by atoms with van der Waals surface area (Å²) in [6, 6.07) is 0. The first-order valence-corrected chi connectivity index (χ1v) is 40.3. The van der Waals surface area contributed by atoms with Crippen molar-refractivity contribution in [3.8, 4) is 0 Å². The first kappa shape index (κ1) is 68.9. The quantitative estimate of drug-likeness (QED) is 0.168. The second-order valence-electron chi connectivity index (χ2n) is 38.4. The lowest BCUT2D eigenvalue weighted by Gasteiger charge is -2.37. The number of unbranched alkanes of at least 4 members (excludes halogenated alkanes) is 1. The van der Waals surface area contributed by atoms with Gasteiger partial charge in [0, 0.05) is 0 Å². The lowest BCUT2D eigenvalue weighted by atomic mass is 9.68. The third-order valence-corrected chi connectivity index (χ3v) is 35.3. The summed E-state index contributed by atoms with van der Waals surface area (Å²) in [6.45, 7) is 14.4. The number of fused-ring (bicyclic) bond motifs is 54. The first-order valence-electron chi connectivity index (χ1n) is 40.3. The highest BCUT2D eigenvalue weighted by molar-refractivity contribution is 5.26. The van der Waals surface area contributed by atoms with E-state index in [9.17, 15) is 0 Å². The van der Waals surface area contributed by atoms with Crippen LogP contribution in [-0.2, 0) is 0 Å². The fourth-order valence-electron chi connectivity index (χ4n) is 33.8. The molecule has 0 heteroatoms. The van der Waals surface area contributed by atoms with Gasteiger partial charge in [-0.05, 0) is 377 Å². The first-order chi connectivity index (χ1) is 42.2. The van der Waals surface area contributed by atoms with Crippen molar-refractivity contribution >= 4 is 0 Å². The van der Waals surface area contributed by atoms with Gasteiger partial charge in [0.2, 0.25) is 0 Å². The van der Waals surface area contributed by atoms with Gasteiger partial charge in [0.05, 0.1) is 0 Å². The average Bonchev–Trinajstić information content (AvgIpc) is 1.61. The zero-order chi connectivity index (χ0) is 57.1. The van der Waals surface area contributed by atoms with Gasteiger partial charge >= 0.3 is 0 Å². The van der Waals surface area contributed by atoms with Gasteiger partial charge < -0.3 is 0 Å². The molecule has 0 amide bonds. The second kappa shape index (κ2) is 26.5. The standard InChI is InChI=1S/2C16H24.C15H22.C14H20.C13H18.C12H16.6CH4/c1-9(2)5-12-7-13-8-14(12)16-11-4-3-10(6-11)15(13)16;1-2-3-4-10-7-13-9-14(10)16-12-6-5-11(8-12)15(13)16;1-2-3-9-6-12-8-13(9)15-11-5-4-10(7-11)14(12)15;1-2-8-5-11-7-12(8)14-10-4-3-9(6-10)13(11)14;1-7-4-10-6-11(7)13-9-3-2-8(5-9)12(10)13;1-2-8-5-7(1)11-9-3-4-10(6-9)12(8)11;;;;;;/h3-4,9-16H,5-8H2,1-2H3;5-6,10-16H,2-4,7-9H2,1H3;4-5,9-15H,2-3,6-8H2,1H3;3-4,8-14H,2,5-7H2,1H3;2-3,7-13H,4-6H2,1H3;1-2,7-12H,3-6H2;6*1H4. The van der Waals surface area contributed by atoms with Crippen LogP contribution in [0.3, 0.4) is 0 Å². The van der Waals surface area contributed by atoms with E-state index in [1.807, 2.05) is 0 Å². The molecule has 0 aliphatic heterocycles. The topological polar surface area (TPSA) is 0 Å². The normalized spacial score (nSPS) is 56.6. The molecule has 24 aliphatic carbocycles. The van der Waals surface area contributed by atoms with Gasteiger partial charge in [0.15, 0.2) is 0 Å². The molecule has 24 rings (SSSR count). The van der Waals surface area contributed by atoms with Crippen LogP contribution in [0.4, 0.5) is 0 Å². The predicted molar refractivity (Wildman–Crippen MR) is 396 cm³/mol. The van der Waals surface area contributed by atoms with Gasteiger partial charge in [0.25, 0.3) is 0 Å². The monoisotopic (exact) mass is 1250 g/mol. The molecule has 0 aromatic carbocycles. The van der Waals surface area contributed by atoms with Crippen LogP contribution in [0, 0.1) is 249 Å². The van der Waals surface area contributed by atoms with Crippen LogP contribution in [0.1, 0.15) is 253 Å². The van der Waals surface area contributed by atoms with Crippen molar-refractivity contribution in [3.63, 3.8) is 0 Å². The van der Waals surface area contributed by atoms with Gasteiger partial charge in [-0.1, -0.05) is 198 Å². The van der Waals surface area contributed by atoms with E-state index in [-0.39, 0.29) is 44.6 Å². The predicted octanol–water partition coefficient (Wildman–Crippen LogP) is 25.5. The highest BCUT2D eigenvalue weighted by Crippen LogP contribution is 2.73. The highest BCUT2D eigenvalue weighted by atomic mass is 14.7. The van der Waals surface area contributed by atoms with Crippen LogP contribution in [0.2, 0.25) is 0 Å². The molecule has 41 unspecified atom stereocenters. The molecule has 0 heterocycles. The maximum Gasteiger partial charge on any atom is -0.0194 e. The van der Waals surface area contributed by atoms with Crippen molar-refractivity contribution in [3.05, 3.63) is 72.9 Å². The fourth-order valence-corrected chi connectivity index (χ4v) is 33.8. The molecular weight excluding hydrogens is 1110 g/mol. The van der Waals surface area contributed by atoms with Crippen LogP contribution in [-0.4, -0.2) is 0 Å². The Balaban J connectivity index is 0.0000000997. The van der Waals surface area contributed by atoms with Gasteiger partial charge in [-0.2, -0.15) is 0 Å². The molecule has 0 N–H and O–H groups in total. The van der Waals surface area contributed by atoms with E-state index in [1.165, 1.54) is 77.0 Å². The van der Waals surface area contributed by atoms with Crippen molar-refractivity contribution in [2.75, 3.05) is 0 Å². The Morgan fingerprint density at radius 2 is 0.554 bits per heavy atom. The van der Waals surface area contributed by atoms with E-state index >= 15 is 0 Å². The highest BCUT2D eigenvalue weighted by Gasteiger charge is 2.66. The van der Waals surface area contributed by atoms with Crippen molar-refractivity contribution in [2.45, 2.75) is 253 Å². The third-order valence-electron chi connectivity index (χ3n) is 35.3. The Morgan fingerprint density at radius 3 is 0.902 bits per heavy atom. The van der Waals surface area contributed by atoms with Crippen LogP contribution >= 0.6 is 0 Å². The molecule has 92 heavy (non-hydrogen) atoms. The Morgan fingerprint density at radius 1 is 0.272 bits per heavy atom.